The van der Waals surface area contributed by atoms with Gasteiger partial charge < -0.3 is 10.2 Å². The molecule has 0 bridgehead atoms. The van der Waals surface area contributed by atoms with Crippen LogP contribution in [0.2, 0.25) is 5.02 Å². The van der Waals surface area contributed by atoms with Crippen LogP contribution in [0.3, 0.4) is 0 Å². The quantitative estimate of drug-likeness (QED) is 0.927. The van der Waals surface area contributed by atoms with E-state index >= 15 is 0 Å². The third-order valence-electron chi connectivity index (χ3n) is 2.32. The Hall–Kier alpha value is -2.21. The molecule has 2 heterocycles. The summed E-state index contributed by atoms with van der Waals surface area (Å²) >= 11 is 5.72. The highest BCUT2D eigenvalue weighted by atomic mass is 35.5. The molecule has 19 heavy (non-hydrogen) atoms. The predicted octanol–water partition coefficient (Wildman–Crippen LogP) is 1.84. The van der Waals surface area contributed by atoms with E-state index in [2.05, 4.69) is 20.3 Å². The molecule has 7 heteroatoms. The molecule has 0 aliphatic carbocycles. The predicted molar refractivity (Wildman–Crippen MR) is 73.6 cm³/mol. The number of halogens is 1. The van der Waals surface area contributed by atoms with Crippen LogP contribution in [0, 0.1) is 0 Å². The first-order valence-electron chi connectivity index (χ1n) is 5.48. The average Bonchev–Trinajstić information content (AvgIpc) is 2.39. The molecule has 2 aromatic heterocycles. The molecule has 0 aliphatic heterocycles. The fraction of sp³-hybridized carbons (Fsp3) is 0.167. The van der Waals surface area contributed by atoms with E-state index in [0.29, 0.717) is 16.5 Å². The molecule has 0 fully saturated rings. The molecular formula is C12H12ClN5O. The zero-order valence-electron chi connectivity index (χ0n) is 10.5. The maximum Gasteiger partial charge on any atom is 0.274 e. The molecule has 2 aromatic rings. The van der Waals surface area contributed by atoms with Crippen molar-refractivity contribution in [3.63, 3.8) is 0 Å². The number of nitrogens with one attached hydrogen (secondary N) is 1. The topological polar surface area (TPSA) is 71.0 Å². The number of pyridine rings is 1. The SMILES string of the molecule is CN(C)c1ncncc1NC(=O)c1ccc(Cl)cn1. The zero-order chi connectivity index (χ0) is 13.8. The number of amides is 1. The number of carbonyl (C=O) groups excluding carboxylic acids is 1. The number of carbonyl (C=O) groups is 1. The summed E-state index contributed by atoms with van der Waals surface area (Å²) in [6.07, 6.45) is 4.38. The molecule has 0 atom stereocenters. The summed E-state index contributed by atoms with van der Waals surface area (Å²) in [7, 11) is 3.66. The lowest BCUT2D eigenvalue weighted by molar-refractivity contribution is 0.102. The van der Waals surface area contributed by atoms with Crippen LogP contribution >= 0.6 is 11.6 Å². The summed E-state index contributed by atoms with van der Waals surface area (Å²) in [5.74, 6) is 0.284. The second-order valence-electron chi connectivity index (χ2n) is 3.97. The molecular weight excluding hydrogens is 266 g/mol. The van der Waals surface area contributed by atoms with Crippen LogP contribution in [0.25, 0.3) is 0 Å². The van der Waals surface area contributed by atoms with Gasteiger partial charge in [0.1, 0.15) is 17.7 Å². The van der Waals surface area contributed by atoms with Crippen molar-refractivity contribution < 1.29 is 4.79 Å². The van der Waals surface area contributed by atoms with Crippen molar-refractivity contribution in [1.82, 2.24) is 15.0 Å². The first-order chi connectivity index (χ1) is 9.08. The maximum atomic E-state index is 12.0. The lowest BCUT2D eigenvalue weighted by atomic mass is 10.3. The van der Waals surface area contributed by atoms with E-state index in [1.807, 2.05) is 14.1 Å². The first-order valence-corrected chi connectivity index (χ1v) is 5.86. The zero-order valence-corrected chi connectivity index (χ0v) is 11.2. The van der Waals surface area contributed by atoms with Crippen molar-refractivity contribution in [2.24, 2.45) is 0 Å². The molecule has 0 saturated carbocycles. The molecule has 0 aliphatic rings. The van der Waals surface area contributed by atoms with Crippen molar-refractivity contribution in [2.45, 2.75) is 0 Å². The molecule has 0 saturated heterocycles. The number of aromatic nitrogens is 3. The van der Waals surface area contributed by atoms with Crippen LogP contribution in [0.4, 0.5) is 11.5 Å². The van der Waals surface area contributed by atoms with Crippen molar-refractivity contribution in [3.05, 3.63) is 41.6 Å². The molecule has 0 aromatic carbocycles. The Bertz CT molecular complexity index is 585. The third kappa shape index (κ3) is 3.17. The molecule has 6 nitrogen and oxygen atoms in total. The second kappa shape index (κ2) is 5.62. The van der Waals surface area contributed by atoms with Gasteiger partial charge in [0.25, 0.3) is 5.91 Å². The van der Waals surface area contributed by atoms with Crippen molar-refractivity contribution in [3.8, 4) is 0 Å². The smallest absolute Gasteiger partial charge is 0.274 e. The van der Waals surface area contributed by atoms with Gasteiger partial charge in [-0.15, -0.1) is 0 Å². The van der Waals surface area contributed by atoms with E-state index in [4.69, 9.17) is 11.6 Å². The van der Waals surface area contributed by atoms with Crippen LogP contribution in [0.5, 0.6) is 0 Å². The molecule has 2 rings (SSSR count). The fourth-order valence-electron chi connectivity index (χ4n) is 1.46. The highest BCUT2D eigenvalue weighted by molar-refractivity contribution is 6.30. The van der Waals surface area contributed by atoms with Crippen LogP contribution in [-0.2, 0) is 0 Å². The molecule has 0 unspecified atom stereocenters. The Kier molecular flexibility index (Phi) is 3.91. The van der Waals surface area contributed by atoms with Gasteiger partial charge in [0, 0.05) is 20.3 Å². The lowest BCUT2D eigenvalue weighted by Crippen LogP contribution is -2.18. The summed E-state index contributed by atoms with van der Waals surface area (Å²) in [5, 5.41) is 3.20. The highest BCUT2D eigenvalue weighted by Crippen LogP contribution is 2.19. The Morgan fingerprint density at radius 2 is 2.05 bits per heavy atom. The first kappa shape index (κ1) is 13.2. The van der Waals surface area contributed by atoms with Crippen LogP contribution in [0.15, 0.2) is 30.9 Å². The Labute approximate surface area is 115 Å². The standard InChI is InChI=1S/C12H12ClN5O/c1-18(2)11-10(6-14-7-16-11)17-12(19)9-4-3-8(13)5-15-9/h3-7H,1-2H3,(H,17,19). The number of hydrogen-bond acceptors (Lipinski definition) is 5. The third-order valence-corrected chi connectivity index (χ3v) is 2.55. The Morgan fingerprint density at radius 3 is 2.68 bits per heavy atom. The summed E-state index contributed by atoms with van der Waals surface area (Å²) in [6, 6.07) is 3.16. The Morgan fingerprint density at radius 1 is 1.26 bits per heavy atom. The van der Waals surface area contributed by atoms with Crippen LogP contribution in [-0.4, -0.2) is 35.0 Å². The van der Waals surface area contributed by atoms with Gasteiger partial charge in [-0.1, -0.05) is 11.6 Å². The molecule has 1 amide bonds. The van der Waals surface area contributed by atoms with E-state index in [1.165, 1.54) is 18.7 Å². The highest BCUT2D eigenvalue weighted by Gasteiger charge is 2.12. The number of nitrogens with zero attached hydrogens (tertiary/aromatic N) is 4. The summed E-state index contributed by atoms with van der Waals surface area (Å²) in [6.45, 7) is 0. The molecule has 98 valence electrons. The minimum absolute atomic E-state index is 0.276. The van der Waals surface area contributed by atoms with E-state index in [1.54, 1.807) is 17.0 Å². The number of hydrogen-bond donors (Lipinski definition) is 1. The monoisotopic (exact) mass is 277 g/mol. The van der Waals surface area contributed by atoms with Gasteiger partial charge in [-0.05, 0) is 12.1 Å². The van der Waals surface area contributed by atoms with Crippen molar-refractivity contribution >= 4 is 29.0 Å². The molecule has 0 radical (unpaired) electrons. The van der Waals surface area contributed by atoms with Crippen LogP contribution in [0.1, 0.15) is 10.5 Å². The summed E-state index contributed by atoms with van der Waals surface area (Å²) in [4.78, 5) is 25.7. The van der Waals surface area contributed by atoms with Gasteiger partial charge in [-0.3, -0.25) is 4.79 Å². The largest absolute Gasteiger partial charge is 0.361 e. The Balaban J connectivity index is 2.22. The normalized spacial score (nSPS) is 10.1. The van der Waals surface area contributed by atoms with Gasteiger partial charge in [0.15, 0.2) is 5.82 Å². The van der Waals surface area contributed by atoms with E-state index < -0.39 is 0 Å². The minimum atomic E-state index is -0.338. The summed E-state index contributed by atoms with van der Waals surface area (Å²) in [5.41, 5.74) is 0.798. The van der Waals surface area contributed by atoms with Crippen molar-refractivity contribution in [1.29, 1.82) is 0 Å². The minimum Gasteiger partial charge on any atom is -0.361 e. The van der Waals surface area contributed by atoms with Gasteiger partial charge in [0.2, 0.25) is 0 Å². The lowest BCUT2D eigenvalue weighted by Gasteiger charge is -2.15. The van der Waals surface area contributed by atoms with E-state index in [-0.39, 0.29) is 11.6 Å². The van der Waals surface area contributed by atoms with Gasteiger partial charge in [0.05, 0.1) is 11.2 Å². The van der Waals surface area contributed by atoms with Gasteiger partial charge in [-0.2, -0.15) is 0 Å². The van der Waals surface area contributed by atoms with Gasteiger partial charge >= 0.3 is 0 Å². The fourth-order valence-corrected chi connectivity index (χ4v) is 1.58. The average molecular weight is 278 g/mol. The van der Waals surface area contributed by atoms with Crippen LogP contribution < -0.4 is 10.2 Å². The molecule has 1 N–H and O–H groups in total. The number of rotatable bonds is 3. The second-order valence-corrected chi connectivity index (χ2v) is 4.41. The molecule has 0 spiro atoms. The van der Waals surface area contributed by atoms with E-state index in [9.17, 15) is 4.79 Å². The summed E-state index contributed by atoms with van der Waals surface area (Å²) < 4.78 is 0. The maximum absolute atomic E-state index is 12.0. The number of anilines is 2. The van der Waals surface area contributed by atoms with E-state index in [0.717, 1.165) is 0 Å². The van der Waals surface area contributed by atoms with Crippen molar-refractivity contribution in [2.75, 3.05) is 24.3 Å². The van der Waals surface area contributed by atoms with Gasteiger partial charge in [-0.25, -0.2) is 15.0 Å².